The van der Waals surface area contributed by atoms with Crippen molar-refractivity contribution >= 4 is 13.8 Å². The van der Waals surface area contributed by atoms with Gasteiger partial charge in [0.15, 0.2) is 0 Å². The van der Waals surface area contributed by atoms with Gasteiger partial charge in [0.05, 0.1) is 13.2 Å². The summed E-state index contributed by atoms with van der Waals surface area (Å²) in [4.78, 5) is 23.1. The third kappa shape index (κ3) is 28.9. The van der Waals surface area contributed by atoms with E-state index >= 15 is 0 Å². The Morgan fingerprint density at radius 1 is 0.559 bits per heavy atom. The van der Waals surface area contributed by atoms with Crippen LogP contribution in [0.25, 0.3) is 0 Å². The van der Waals surface area contributed by atoms with Gasteiger partial charge in [-0.25, -0.2) is 4.57 Å². The summed E-state index contributed by atoms with van der Waals surface area (Å²) in [6.07, 6.45) is 34.0. The molecule has 6 N–H and O–H groups in total. The molecule has 1 rings (SSSR count). The molecule has 0 aromatic heterocycles. The number of phosphoric acid groups is 1. The van der Waals surface area contributed by atoms with Gasteiger partial charge in [-0.05, 0) is 83.5 Å². The van der Waals surface area contributed by atoms with Crippen molar-refractivity contribution in [3.8, 4) is 0 Å². The first kappa shape index (κ1) is 54.8. The summed E-state index contributed by atoms with van der Waals surface area (Å²) in [5.41, 5.74) is 0. The summed E-state index contributed by atoms with van der Waals surface area (Å²) in [6.45, 7) is 4.05. The molecule has 340 valence electrons. The highest BCUT2D eigenvalue weighted by molar-refractivity contribution is 7.47. The highest BCUT2D eigenvalue weighted by Gasteiger charge is 2.51. The third-order valence-electron chi connectivity index (χ3n) is 9.81. The van der Waals surface area contributed by atoms with Crippen molar-refractivity contribution in [1.82, 2.24) is 0 Å². The zero-order valence-electron chi connectivity index (χ0n) is 36.0. The Hall–Kier alpha value is -2.22. The quantitative estimate of drug-likeness (QED) is 0.0152. The largest absolute Gasteiger partial charge is 0.472 e. The molecule has 1 aliphatic carbocycles. The number of aliphatic hydroxyl groups excluding tert-OH is 5. The van der Waals surface area contributed by atoms with Gasteiger partial charge in [0, 0.05) is 13.0 Å². The first-order chi connectivity index (χ1) is 28.5. The van der Waals surface area contributed by atoms with E-state index in [2.05, 4.69) is 86.8 Å². The van der Waals surface area contributed by atoms with Crippen LogP contribution in [0.1, 0.15) is 149 Å². The third-order valence-corrected chi connectivity index (χ3v) is 10.8. The van der Waals surface area contributed by atoms with Gasteiger partial charge in [-0.2, -0.15) is 0 Å². The topological polar surface area (TPSA) is 192 Å². The van der Waals surface area contributed by atoms with Crippen LogP contribution in [-0.4, -0.2) is 98.9 Å². The summed E-state index contributed by atoms with van der Waals surface area (Å²) < 4.78 is 34.1. The van der Waals surface area contributed by atoms with E-state index in [1.54, 1.807) is 0 Å². The summed E-state index contributed by atoms with van der Waals surface area (Å²) in [5, 5.41) is 50.1. The molecule has 59 heavy (non-hydrogen) atoms. The number of ether oxygens (including phenoxy) is 2. The first-order valence-electron chi connectivity index (χ1n) is 22.3. The second-order valence-electron chi connectivity index (χ2n) is 15.2. The lowest BCUT2D eigenvalue weighted by molar-refractivity contribution is -0.220. The number of rotatable bonds is 36. The zero-order chi connectivity index (χ0) is 43.4. The molecule has 0 radical (unpaired) electrons. The maximum absolute atomic E-state index is 12.8. The van der Waals surface area contributed by atoms with Crippen LogP contribution < -0.4 is 0 Å². The van der Waals surface area contributed by atoms with Crippen LogP contribution in [0.15, 0.2) is 72.9 Å². The van der Waals surface area contributed by atoms with Crippen LogP contribution in [0, 0.1) is 0 Å². The van der Waals surface area contributed by atoms with Crippen LogP contribution >= 0.6 is 7.82 Å². The Bertz CT molecular complexity index is 1250. The number of hydrogen-bond acceptors (Lipinski definition) is 11. The molecule has 0 aromatic rings. The van der Waals surface area contributed by atoms with E-state index in [1.165, 1.54) is 32.1 Å². The molecule has 0 amide bonds. The van der Waals surface area contributed by atoms with E-state index in [1.807, 2.05) is 0 Å². The summed E-state index contributed by atoms with van der Waals surface area (Å²) in [5.74, 6) is -0.514. The Labute approximate surface area is 355 Å². The fraction of sp³-hybridized carbons (Fsp3) is 0.717. The van der Waals surface area contributed by atoms with Crippen molar-refractivity contribution in [3.63, 3.8) is 0 Å². The molecule has 12 nitrogen and oxygen atoms in total. The molecule has 1 saturated carbocycles. The lowest BCUT2D eigenvalue weighted by atomic mass is 9.85. The Kier molecular flexibility index (Phi) is 33.8. The van der Waals surface area contributed by atoms with Crippen molar-refractivity contribution in [2.24, 2.45) is 0 Å². The predicted molar refractivity (Wildman–Crippen MR) is 235 cm³/mol. The van der Waals surface area contributed by atoms with E-state index < -0.39 is 63.1 Å². The molecule has 0 heterocycles. The predicted octanol–water partition coefficient (Wildman–Crippen LogP) is 8.80. The molecule has 0 aliphatic heterocycles. The fourth-order valence-electron chi connectivity index (χ4n) is 6.26. The highest BCUT2D eigenvalue weighted by atomic mass is 31.2. The summed E-state index contributed by atoms with van der Waals surface area (Å²) in [7, 11) is -5.03. The van der Waals surface area contributed by atoms with Gasteiger partial charge in [-0.1, -0.05) is 132 Å². The molecule has 1 aliphatic rings. The highest BCUT2D eigenvalue weighted by Crippen LogP contribution is 2.47. The minimum atomic E-state index is -5.03. The molecule has 13 heteroatoms. The monoisotopic (exact) mass is 855 g/mol. The number of esters is 1. The van der Waals surface area contributed by atoms with Gasteiger partial charge in [0.25, 0.3) is 0 Å². The molecular formula is C46H79O12P. The number of hydrogen-bond donors (Lipinski definition) is 6. The lowest BCUT2D eigenvalue weighted by Gasteiger charge is -2.41. The van der Waals surface area contributed by atoms with Crippen molar-refractivity contribution < 1.29 is 58.3 Å². The van der Waals surface area contributed by atoms with Crippen molar-refractivity contribution in [2.75, 3.05) is 19.8 Å². The molecule has 1 fully saturated rings. The van der Waals surface area contributed by atoms with Crippen molar-refractivity contribution in [3.05, 3.63) is 72.9 Å². The van der Waals surface area contributed by atoms with Crippen molar-refractivity contribution in [1.29, 1.82) is 0 Å². The van der Waals surface area contributed by atoms with Gasteiger partial charge in [-0.15, -0.1) is 0 Å². The average molecular weight is 855 g/mol. The molecular weight excluding hydrogens is 775 g/mol. The number of allylic oxidation sites excluding steroid dienone is 12. The minimum absolute atomic E-state index is 0.0985. The second kappa shape index (κ2) is 36.4. The van der Waals surface area contributed by atoms with E-state index in [0.717, 1.165) is 89.9 Å². The number of carbonyl (C=O) groups excluding carboxylic acids is 1. The average Bonchev–Trinajstić information content (AvgIpc) is 3.22. The smallest absolute Gasteiger partial charge is 0.457 e. The normalized spacial score (nSPS) is 23.2. The number of aliphatic hydroxyl groups is 5. The number of phosphoric ester groups is 1. The Morgan fingerprint density at radius 3 is 1.54 bits per heavy atom. The second-order valence-corrected chi connectivity index (χ2v) is 16.6. The Morgan fingerprint density at radius 2 is 1.00 bits per heavy atom. The number of carbonyl (C=O) groups is 1. The van der Waals surface area contributed by atoms with Gasteiger partial charge in [0.2, 0.25) is 0 Å². The van der Waals surface area contributed by atoms with E-state index in [4.69, 9.17) is 18.5 Å². The molecule has 0 aromatic carbocycles. The molecule has 0 spiro atoms. The minimum Gasteiger partial charge on any atom is -0.457 e. The fourth-order valence-corrected chi connectivity index (χ4v) is 7.23. The maximum Gasteiger partial charge on any atom is 0.472 e. The molecule has 6 unspecified atom stereocenters. The van der Waals surface area contributed by atoms with Crippen LogP contribution in [-0.2, 0) is 27.9 Å². The van der Waals surface area contributed by atoms with Crippen LogP contribution in [0.2, 0.25) is 0 Å². The van der Waals surface area contributed by atoms with Gasteiger partial charge < -0.3 is 39.9 Å². The first-order valence-corrected chi connectivity index (χ1v) is 23.8. The Balaban J connectivity index is 2.45. The van der Waals surface area contributed by atoms with Gasteiger partial charge in [-0.3, -0.25) is 13.8 Å². The molecule has 0 saturated heterocycles. The van der Waals surface area contributed by atoms with E-state index in [9.17, 15) is 39.8 Å². The lowest BCUT2D eigenvalue weighted by Crippen LogP contribution is -2.64. The van der Waals surface area contributed by atoms with Crippen molar-refractivity contribution in [2.45, 2.75) is 191 Å². The van der Waals surface area contributed by atoms with E-state index in [-0.39, 0.29) is 13.0 Å². The van der Waals surface area contributed by atoms with Crippen LogP contribution in [0.5, 0.6) is 0 Å². The SMILES string of the molecule is CC/C=C\C/C=C\C/C=C\C/C=C\C/C=C\CCCCCC(=O)OC(COCCCCCCCC/C=C\CCCCC)COP(=O)(O)OC1C(O)C(O)C(O)C(O)C1O. The standard InChI is InChI=1S/C46H79O12P/c1-3-5-7-9-11-13-15-17-18-19-20-21-22-23-25-27-29-31-33-35-40(47)57-39(37-55-36-34-32-30-28-26-24-16-14-12-10-8-6-4-2)38-56-59(53,54)58-46-44(51)42(49)41(48)43(50)45(46)52/h5,7,11-14,17-18,20-21,23,25,39,41-46,48-52H,3-4,6,8-10,15-16,19,22,24,26-38H2,1-2H3,(H,53,54)/b7-5-,13-11-,14-12-,18-17-,21-20-,25-23-. The van der Waals surface area contributed by atoms with Gasteiger partial charge in [0.1, 0.15) is 42.7 Å². The van der Waals surface area contributed by atoms with E-state index in [0.29, 0.717) is 13.0 Å². The number of unbranched alkanes of at least 4 members (excludes halogenated alkanes) is 12. The molecule has 6 atom stereocenters. The van der Waals surface area contributed by atoms with Crippen LogP contribution in [0.4, 0.5) is 0 Å². The summed E-state index contributed by atoms with van der Waals surface area (Å²) in [6, 6.07) is 0. The molecule has 0 bridgehead atoms. The van der Waals surface area contributed by atoms with Gasteiger partial charge >= 0.3 is 13.8 Å². The summed E-state index contributed by atoms with van der Waals surface area (Å²) >= 11 is 0. The maximum atomic E-state index is 12.8. The van der Waals surface area contributed by atoms with Crippen LogP contribution in [0.3, 0.4) is 0 Å². The zero-order valence-corrected chi connectivity index (χ0v) is 36.9.